The SMILES string of the molecule is CC1CC(c2cccc(Cl)c2)Cn2nc(N)nc21. The molecular weight excluding hydrogens is 248 g/mol. The number of halogens is 1. The highest BCUT2D eigenvalue weighted by atomic mass is 35.5. The van der Waals surface area contributed by atoms with E-state index in [0.29, 0.717) is 17.8 Å². The van der Waals surface area contributed by atoms with E-state index < -0.39 is 0 Å². The summed E-state index contributed by atoms with van der Waals surface area (Å²) in [5.74, 6) is 2.15. The molecule has 0 aliphatic carbocycles. The van der Waals surface area contributed by atoms with E-state index in [4.69, 9.17) is 17.3 Å². The minimum atomic E-state index is 0.364. The highest BCUT2D eigenvalue weighted by molar-refractivity contribution is 6.30. The maximum atomic E-state index is 6.05. The van der Waals surface area contributed by atoms with E-state index in [0.717, 1.165) is 23.8 Å². The van der Waals surface area contributed by atoms with E-state index in [1.165, 1.54) is 5.56 Å². The highest BCUT2D eigenvalue weighted by Crippen LogP contribution is 2.35. The fourth-order valence-electron chi connectivity index (χ4n) is 2.69. The molecule has 4 nitrogen and oxygen atoms in total. The average molecular weight is 263 g/mol. The van der Waals surface area contributed by atoms with Crippen LogP contribution in [0.2, 0.25) is 5.02 Å². The third-order valence-electron chi connectivity index (χ3n) is 3.51. The van der Waals surface area contributed by atoms with Crippen molar-refractivity contribution in [1.82, 2.24) is 14.8 Å². The first-order chi connectivity index (χ1) is 8.63. The van der Waals surface area contributed by atoms with Crippen LogP contribution in [-0.4, -0.2) is 14.8 Å². The van der Waals surface area contributed by atoms with Gasteiger partial charge in [-0.05, 0) is 24.1 Å². The zero-order valence-electron chi connectivity index (χ0n) is 10.2. The third-order valence-corrected chi connectivity index (χ3v) is 3.74. The number of benzene rings is 1. The van der Waals surface area contributed by atoms with Gasteiger partial charge in [-0.3, -0.25) is 0 Å². The summed E-state index contributed by atoms with van der Waals surface area (Å²) in [6.45, 7) is 2.99. The molecule has 0 spiro atoms. The van der Waals surface area contributed by atoms with Crippen molar-refractivity contribution in [2.45, 2.75) is 31.7 Å². The van der Waals surface area contributed by atoms with Crippen molar-refractivity contribution in [3.05, 3.63) is 40.7 Å². The minimum absolute atomic E-state index is 0.364. The van der Waals surface area contributed by atoms with Gasteiger partial charge in [-0.1, -0.05) is 30.7 Å². The lowest BCUT2D eigenvalue weighted by Gasteiger charge is -2.27. The summed E-state index contributed by atoms with van der Waals surface area (Å²) in [7, 11) is 0. The van der Waals surface area contributed by atoms with Crippen molar-refractivity contribution in [2.24, 2.45) is 0 Å². The van der Waals surface area contributed by atoms with Crippen LogP contribution < -0.4 is 5.73 Å². The van der Waals surface area contributed by atoms with Crippen molar-refractivity contribution < 1.29 is 0 Å². The van der Waals surface area contributed by atoms with Gasteiger partial charge in [0, 0.05) is 23.4 Å². The maximum Gasteiger partial charge on any atom is 0.239 e. The van der Waals surface area contributed by atoms with Crippen molar-refractivity contribution in [3.8, 4) is 0 Å². The molecule has 2 unspecified atom stereocenters. The molecule has 0 fully saturated rings. The molecule has 0 amide bonds. The molecule has 3 rings (SSSR count). The number of hydrogen-bond acceptors (Lipinski definition) is 3. The van der Waals surface area contributed by atoms with Gasteiger partial charge in [0.05, 0.1) is 0 Å². The molecular formula is C13H15ClN4. The van der Waals surface area contributed by atoms with Gasteiger partial charge in [-0.25, -0.2) is 4.68 Å². The molecule has 1 aliphatic heterocycles. The zero-order chi connectivity index (χ0) is 12.7. The summed E-state index contributed by atoms with van der Waals surface area (Å²) < 4.78 is 1.93. The van der Waals surface area contributed by atoms with Crippen LogP contribution in [0, 0.1) is 0 Å². The first kappa shape index (κ1) is 11.5. The minimum Gasteiger partial charge on any atom is -0.366 e. The van der Waals surface area contributed by atoms with Gasteiger partial charge in [-0.2, -0.15) is 4.98 Å². The Balaban J connectivity index is 1.94. The normalized spacial score (nSPS) is 22.8. The van der Waals surface area contributed by atoms with Crippen LogP contribution in [0.5, 0.6) is 0 Å². The predicted octanol–water partition coefficient (Wildman–Crippen LogP) is 2.80. The second-order valence-corrected chi connectivity index (χ2v) is 5.34. The monoisotopic (exact) mass is 262 g/mol. The standard InChI is InChI=1S/C13H15ClN4/c1-8-5-10(9-3-2-4-11(14)6-9)7-18-12(8)16-13(15)17-18/h2-4,6,8,10H,5,7H2,1H3,(H2,15,17). The Kier molecular flexibility index (Phi) is 2.74. The van der Waals surface area contributed by atoms with Crippen LogP contribution in [0.25, 0.3) is 0 Å². The molecule has 1 aromatic carbocycles. The average Bonchev–Trinajstić information content (AvgIpc) is 2.70. The number of fused-ring (bicyclic) bond motifs is 1. The Morgan fingerprint density at radius 1 is 1.44 bits per heavy atom. The Bertz CT molecular complexity index is 578. The second kappa shape index (κ2) is 4.28. The quantitative estimate of drug-likeness (QED) is 0.860. The molecule has 1 aliphatic rings. The van der Waals surface area contributed by atoms with Crippen molar-refractivity contribution >= 4 is 17.5 Å². The van der Waals surface area contributed by atoms with Crippen LogP contribution in [0.3, 0.4) is 0 Å². The smallest absolute Gasteiger partial charge is 0.239 e. The number of nitrogen functional groups attached to an aromatic ring is 1. The van der Waals surface area contributed by atoms with Gasteiger partial charge >= 0.3 is 0 Å². The molecule has 0 bridgehead atoms. The number of aromatic nitrogens is 3. The highest BCUT2D eigenvalue weighted by Gasteiger charge is 2.27. The molecule has 2 aromatic rings. The maximum absolute atomic E-state index is 6.05. The molecule has 18 heavy (non-hydrogen) atoms. The first-order valence-corrected chi connectivity index (χ1v) is 6.47. The van der Waals surface area contributed by atoms with E-state index in [-0.39, 0.29) is 0 Å². The van der Waals surface area contributed by atoms with Crippen molar-refractivity contribution in [2.75, 3.05) is 5.73 Å². The first-order valence-electron chi connectivity index (χ1n) is 6.09. The van der Waals surface area contributed by atoms with Gasteiger partial charge < -0.3 is 5.73 Å². The van der Waals surface area contributed by atoms with Gasteiger partial charge in [0.25, 0.3) is 0 Å². The summed E-state index contributed by atoms with van der Waals surface area (Å²) in [4.78, 5) is 4.28. The summed E-state index contributed by atoms with van der Waals surface area (Å²) in [5.41, 5.74) is 6.92. The van der Waals surface area contributed by atoms with Gasteiger partial charge in [0.2, 0.25) is 5.95 Å². The van der Waals surface area contributed by atoms with E-state index in [2.05, 4.69) is 23.1 Å². The fourth-order valence-corrected chi connectivity index (χ4v) is 2.89. The van der Waals surface area contributed by atoms with Crippen molar-refractivity contribution in [3.63, 3.8) is 0 Å². The summed E-state index contributed by atoms with van der Waals surface area (Å²) in [6, 6.07) is 8.04. The second-order valence-electron chi connectivity index (χ2n) is 4.90. The number of nitrogens with two attached hydrogens (primary N) is 1. The lowest BCUT2D eigenvalue weighted by Crippen LogP contribution is -2.22. The third kappa shape index (κ3) is 1.97. The van der Waals surface area contributed by atoms with Crippen molar-refractivity contribution in [1.29, 1.82) is 0 Å². The van der Waals surface area contributed by atoms with E-state index in [9.17, 15) is 0 Å². The van der Waals surface area contributed by atoms with E-state index in [1.807, 2.05) is 22.9 Å². The Morgan fingerprint density at radius 3 is 3.06 bits per heavy atom. The molecule has 5 heteroatoms. The molecule has 0 saturated carbocycles. The van der Waals surface area contributed by atoms with Crippen LogP contribution >= 0.6 is 11.6 Å². The lowest BCUT2D eigenvalue weighted by molar-refractivity contribution is 0.382. The van der Waals surface area contributed by atoms with E-state index >= 15 is 0 Å². The number of rotatable bonds is 1. The molecule has 2 heterocycles. The van der Waals surface area contributed by atoms with Crippen LogP contribution in [0.4, 0.5) is 5.95 Å². The lowest BCUT2D eigenvalue weighted by atomic mass is 9.86. The Morgan fingerprint density at radius 2 is 2.28 bits per heavy atom. The number of nitrogens with zero attached hydrogens (tertiary/aromatic N) is 3. The number of anilines is 1. The number of hydrogen-bond donors (Lipinski definition) is 1. The summed E-state index contributed by atoms with van der Waals surface area (Å²) in [5, 5.41) is 5.03. The molecule has 0 radical (unpaired) electrons. The molecule has 0 saturated heterocycles. The Hall–Kier alpha value is -1.55. The predicted molar refractivity (Wildman–Crippen MR) is 71.7 cm³/mol. The molecule has 1 aromatic heterocycles. The largest absolute Gasteiger partial charge is 0.366 e. The topological polar surface area (TPSA) is 56.7 Å². The van der Waals surface area contributed by atoms with E-state index in [1.54, 1.807) is 0 Å². The van der Waals surface area contributed by atoms with Crippen LogP contribution in [0.1, 0.15) is 36.6 Å². The molecule has 2 N–H and O–H groups in total. The van der Waals surface area contributed by atoms with Gasteiger partial charge in [0.1, 0.15) is 5.82 Å². The van der Waals surface area contributed by atoms with Crippen LogP contribution in [-0.2, 0) is 6.54 Å². The molecule has 2 atom stereocenters. The van der Waals surface area contributed by atoms with Crippen LogP contribution in [0.15, 0.2) is 24.3 Å². The van der Waals surface area contributed by atoms with Gasteiger partial charge in [-0.15, -0.1) is 5.10 Å². The molecule has 94 valence electrons. The Labute approximate surface area is 111 Å². The zero-order valence-corrected chi connectivity index (χ0v) is 10.9. The summed E-state index contributed by atoms with van der Waals surface area (Å²) >= 11 is 6.05. The fraction of sp³-hybridized carbons (Fsp3) is 0.385. The summed E-state index contributed by atoms with van der Waals surface area (Å²) in [6.07, 6.45) is 1.05. The van der Waals surface area contributed by atoms with Gasteiger partial charge in [0.15, 0.2) is 0 Å².